The number of hydrogen-bond donors (Lipinski definition) is 1. The van der Waals surface area contributed by atoms with Gasteiger partial charge in [0.15, 0.2) is 0 Å². The number of nitrogens with one attached hydrogen (secondary N) is 1. The van der Waals surface area contributed by atoms with Crippen molar-refractivity contribution in [3.63, 3.8) is 0 Å². The number of para-hydroxylation sites is 1. The number of tetrazole rings is 1. The molecular weight excluding hydrogens is 347 g/mol. The van der Waals surface area contributed by atoms with Gasteiger partial charge < -0.3 is 10.1 Å². The highest BCUT2D eigenvalue weighted by molar-refractivity contribution is 5.77. The molecule has 0 amide bonds. The van der Waals surface area contributed by atoms with Crippen molar-refractivity contribution in [1.29, 1.82) is 0 Å². The molecule has 1 aliphatic heterocycles. The minimum Gasteiger partial charge on any atom is -0.434 e. The second-order valence-electron chi connectivity index (χ2n) is 5.52. The Hall–Kier alpha value is -3.36. The van der Waals surface area contributed by atoms with Crippen LogP contribution in [0.2, 0.25) is 0 Å². The minimum absolute atomic E-state index is 0.0329. The van der Waals surface area contributed by atoms with Gasteiger partial charge in [0.05, 0.1) is 0 Å². The van der Waals surface area contributed by atoms with E-state index in [9.17, 15) is 13.2 Å². The lowest BCUT2D eigenvalue weighted by Crippen LogP contribution is -2.21. The summed E-state index contributed by atoms with van der Waals surface area (Å²) in [6.07, 6.45) is 1.77. The molecule has 9 heteroatoms. The molecule has 0 spiro atoms. The smallest absolute Gasteiger partial charge is 0.387 e. The third-order valence-electron chi connectivity index (χ3n) is 3.94. The highest BCUT2D eigenvalue weighted by atomic mass is 19.3. The number of benzene rings is 2. The van der Waals surface area contributed by atoms with Gasteiger partial charge in [0, 0.05) is 11.3 Å². The molecule has 0 fully saturated rings. The summed E-state index contributed by atoms with van der Waals surface area (Å²) in [6.45, 7) is -2.95. The largest absolute Gasteiger partial charge is 0.434 e. The monoisotopic (exact) mass is 359 g/mol. The van der Waals surface area contributed by atoms with Gasteiger partial charge in [-0.3, -0.25) is 0 Å². The van der Waals surface area contributed by atoms with E-state index in [0.29, 0.717) is 22.8 Å². The van der Waals surface area contributed by atoms with Crippen molar-refractivity contribution in [2.75, 3.05) is 5.32 Å². The fraction of sp³-hybridized carbons (Fsp3) is 0.118. The van der Waals surface area contributed by atoms with Crippen molar-refractivity contribution >= 4 is 11.6 Å². The van der Waals surface area contributed by atoms with E-state index in [-0.39, 0.29) is 11.6 Å². The summed E-state index contributed by atoms with van der Waals surface area (Å²) in [7, 11) is 0. The topological polar surface area (TPSA) is 64.9 Å². The van der Waals surface area contributed by atoms with Gasteiger partial charge in [0.25, 0.3) is 0 Å². The zero-order valence-electron chi connectivity index (χ0n) is 13.2. The highest BCUT2D eigenvalue weighted by Gasteiger charge is 2.27. The number of hydrogen-bond acceptors (Lipinski definition) is 5. The summed E-state index contributed by atoms with van der Waals surface area (Å²) in [6, 6.07) is 11.7. The van der Waals surface area contributed by atoms with Gasteiger partial charge in [-0.05, 0) is 52.4 Å². The third kappa shape index (κ3) is 2.99. The van der Waals surface area contributed by atoms with Gasteiger partial charge in [-0.15, -0.1) is 0 Å². The van der Waals surface area contributed by atoms with Gasteiger partial charge >= 0.3 is 6.61 Å². The molecule has 1 aromatic heterocycles. The lowest BCUT2D eigenvalue weighted by atomic mass is 10.0. The zero-order chi connectivity index (χ0) is 18.1. The van der Waals surface area contributed by atoms with Crippen LogP contribution in [0, 0.1) is 5.82 Å². The molecule has 1 aliphatic rings. The quantitative estimate of drug-likeness (QED) is 0.773. The summed E-state index contributed by atoms with van der Waals surface area (Å²) in [5.41, 5.74) is 1.81. The average Bonchev–Trinajstić information content (AvgIpc) is 3.10. The van der Waals surface area contributed by atoms with Crippen LogP contribution in [0.5, 0.6) is 5.75 Å². The zero-order valence-corrected chi connectivity index (χ0v) is 13.2. The normalized spacial score (nSPS) is 16.0. The number of alkyl halides is 2. The summed E-state index contributed by atoms with van der Waals surface area (Å²) >= 11 is 0. The minimum atomic E-state index is -2.95. The van der Waals surface area contributed by atoms with Crippen molar-refractivity contribution in [3.8, 4) is 5.75 Å². The Morgan fingerprint density at radius 3 is 2.62 bits per heavy atom. The number of ether oxygens (including phenoxy) is 1. The Morgan fingerprint density at radius 1 is 1.08 bits per heavy atom. The van der Waals surface area contributed by atoms with E-state index in [2.05, 4.69) is 25.6 Å². The number of aromatic nitrogens is 4. The summed E-state index contributed by atoms with van der Waals surface area (Å²) in [5.74, 6) is 0.0106. The lowest BCUT2D eigenvalue weighted by Gasteiger charge is -2.24. The maximum Gasteiger partial charge on any atom is 0.387 e. The Balaban J connectivity index is 1.81. The fourth-order valence-corrected chi connectivity index (χ4v) is 2.80. The second-order valence-corrected chi connectivity index (χ2v) is 5.52. The number of fused-ring (bicyclic) bond motifs is 1. The molecule has 0 radical (unpaired) electrons. The molecule has 1 N–H and O–H groups in total. The first-order chi connectivity index (χ1) is 12.6. The summed E-state index contributed by atoms with van der Waals surface area (Å²) < 4.78 is 44.8. The van der Waals surface area contributed by atoms with E-state index < -0.39 is 12.7 Å². The first-order valence-electron chi connectivity index (χ1n) is 7.68. The Kier molecular flexibility index (Phi) is 4.04. The Bertz CT molecular complexity index is 955. The molecule has 132 valence electrons. The molecule has 0 bridgehead atoms. The van der Waals surface area contributed by atoms with Crippen molar-refractivity contribution in [3.05, 3.63) is 71.6 Å². The molecule has 26 heavy (non-hydrogen) atoms. The van der Waals surface area contributed by atoms with Gasteiger partial charge in [-0.1, -0.05) is 23.3 Å². The Labute approximate surface area is 145 Å². The van der Waals surface area contributed by atoms with Crippen LogP contribution >= 0.6 is 0 Å². The maximum atomic E-state index is 13.2. The molecule has 1 atom stereocenters. The van der Waals surface area contributed by atoms with E-state index in [0.717, 1.165) is 0 Å². The van der Waals surface area contributed by atoms with Gasteiger partial charge in [0.1, 0.15) is 17.6 Å². The Morgan fingerprint density at radius 2 is 1.85 bits per heavy atom. The van der Waals surface area contributed by atoms with Crippen LogP contribution in [0.15, 0.2) is 54.6 Å². The second kappa shape index (κ2) is 6.51. The van der Waals surface area contributed by atoms with Crippen LogP contribution in [-0.4, -0.2) is 26.8 Å². The number of nitrogens with zero attached hydrogens (tertiary/aromatic N) is 4. The molecule has 0 saturated carbocycles. The van der Waals surface area contributed by atoms with Crippen molar-refractivity contribution in [2.24, 2.45) is 0 Å². The molecule has 0 unspecified atom stereocenters. The third-order valence-corrected chi connectivity index (χ3v) is 3.94. The van der Waals surface area contributed by atoms with Crippen LogP contribution in [0.4, 0.5) is 19.1 Å². The van der Waals surface area contributed by atoms with Crippen molar-refractivity contribution in [1.82, 2.24) is 20.2 Å². The predicted octanol–water partition coefficient (Wildman–Crippen LogP) is 3.47. The van der Waals surface area contributed by atoms with Gasteiger partial charge in [-0.2, -0.15) is 13.5 Å². The van der Waals surface area contributed by atoms with E-state index >= 15 is 0 Å². The molecule has 2 aromatic carbocycles. The molecule has 3 aromatic rings. The lowest BCUT2D eigenvalue weighted by molar-refractivity contribution is -0.0506. The fourth-order valence-electron chi connectivity index (χ4n) is 2.80. The van der Waals surface area contributed by atoms with Crippen LogP contribution in [0.25, 0.3) is 5.70 Å². The van der Waals surface area contributed by atoms with Gasteiger partial charge in [-0.25, -0.2) is 4.39 Å². The average molecular weight is 359 g/mol. The van der Waals surface area contributed by atoms with Crippen LogP contribution < -0.4 is 10.1 Å². The SMILES string of the molecule is Fc1ccc(C2=C[C@@H](c3ccccc3OC(F)F)n3nnnc3N2)cc1. The predicted molar refractivity (Wildman–Crippen MR) is 87.0 cm³/mol. The summed E-state index contributed by atoms with van der Waals surface area (Å²) in [4.78, 5) is 0. The van der Waals surface area contributed by atoms with E-state index in [1.807, 2.05) is 0 Å². The number of halogens is 3. The first kappa shape index (κ1) is 16.1. The van der Waals surface area contributed by atoms with E-state index in [1.54, 1.807) is 36.4 Å². The number of rotatable bonds is 4. The van der Waals surface area contributed by atoms with Crippen LogP contribution in [0.3, 0.4) is 0 Å². The van der Waals surface area contributed by atoms with Crippen molar-refractivity contribution in [2.45, 2.75) is 12.7 Å². The number of anilines is 1. The van der Waals surface area contributed by atoms with Crippen LogP contribution in [-0.2, 0) is 0 Å². The molecule has 0 aliphatic carbocycles. The van der Waals surface area contributed by atoms with Crippen LogP contribution in [0.1, 0.15) is 17.2 Å². The molecule has 2 heterocycles. The van der Waals surface area contributed by atoms with E-state index in [4.69, 9.17) is 0 Å². The molecule has 6 nitrogen and oxygen atoms in total. The maximum absolute atomic E-state index is 13.2. The molecule has 0 saturated heterocycles. The first-order valence-corrected chi connectivity index (χ1v) is 7.68. The standard InChI is InChI=1S/C17H12F3N5O/c18-11-7-5-10(6-8-11)13-9-14(25-17(21-13)22-23-24-25)12-3-1-2-4-15(12)26-16(19)20/h1-9,14,16H,(H,21,22,24)/t14-/m0/s1. The number of allylic oxidation sites excluding steroid dienone is 1. The summed E-state index contributed by atoms with van der Waals surface area (Å²) in [5, 5.41) is 14.5. The van der Waals surface area contributed by atoms with Crippen molar-refractivity contribution < 1.29 is 17.9 Å². The highest BCUT2D eigenvalue weighted by Crippen LogP contribution is 2.36. The molecular formula is C17H12F3N5O. The van der Waals surface area contributed by atoms with Gasteiger partial charge in [0.2, 0.25) is 5.95 Å². The molecule has 4 rings (SSSR count). The van der Waals surface area contributed by atoms with E-state index in [1.165, 1.54) is 22.9 Å².